The Morgan fingerprint density at radius 1 is 1.00 bits per heavy atom. The number of carboxylic acid groups (broad SMARTS) is 1. The van der Waals surface area contributed by atoms with Gasteiger partial charge in [0.15, 0.2) is 0 Å². The predicted molar refractivity (Wildman–Crippen MR) is 51.0 cm³/mol. The Labute approximate surface area is 83.3 Å². The number of rotatable bonds is 8. The molecule has 0 atom stereocenters. The second kappa shape index (κ2) is 7.24. The highest BCUT2D eigenvalue weighted by Crippen LogP contribution is 2.02. The fourth-order valence-electron chi connectivity index (χ4n) is 1.03. The predicted octanol–water partition coefficient (Wildman–Crippen LogP) is 1.57. The van der Waals surface area contributed by atoms with Crippen molar-refractivity contribution >= 4 is 17.5 Å². The molecule has 14 heavy (non-hydrogen) atoms. The Bertz CT molecular complexity index is 220. The maximum Gasteiger partial charge on any atom is 0.310 e. The smallest absolute Gasteiger partial charge is 0.310 e. The summed E-state index contributed by atoms with van der Waals surface area (Å²) in [5, 5.41) is 8.28. The van der Waals surface area contributed by atoms with Crippen LogP contribution >= 0.6 is 0 Å². The number of hydrogen-bond acceptors (Lipinski definition) is 3. The average Bonchev–Trinajstić information content (AvgIpc) is 2.10. The fraction of sp³-hybridized carbons (Fsp3) is 0.700. The zero-order valence-electron chi connectivity index (χ0n) is 8.41. The van der Waals surface area contributed by atoms with Gasteiger partial charge in [0.25, 0.3) is 0 Å². The summed E-state index contributed by atoms with van der Waals surface area (Å²) >= 11 is 0. The molecule has 0 rings (SSSR count). The van der Waals surface area contributed by atoms with Crippen LogP contribution in [0.15, 0.2) is 0 Å². The molecule has 0 unspecified atom stereocenters. The SMILES string of the molecule is CCCCC(=O)CCC(=O)CC(=O)O. The summed E-state index contributed by atoms with van der Waals surface area (Å²) in [6.45, 7) is 1.99. The fourth-order valence-corrected chi connectivity index (χ4v) is 1.03. The van der Waals surface area contributed by atoms with Gasteiger partial charge in [-0.15, -0.1) is 0 Å². The van der Waals surface area contributed by atoms with Gasteiger partial charge >= 0.3 is 5.97 Å². The van der Waals surface area contributed by atoms with E-state index < -0.39 is 12.4 Å². The Hall–Kier alpha value is -1.19. The lowest BCUT2D eigenvalue weighted by molar-refractivity contribution is -0.140. The molecule has 1 N–H and O–H groups in total. The molecule has 4 heteroatoms. The second-order valence-electron chi connectivity index (χ2n) is 3.25. The van der Waals surface area contributed by atoms with Gasteiger partial charge in [0, 0.05) is 19.3 Å². The highest BCUT2D eigenvalue weighted by molar-refractivity contribution is 5.96. The van der Waals surface area contributed by atoms with Crippen LogP contribution in [-0.4, -0.2) is 22.6 Å². The maximum absolute atomic E-state index is 11.1. The summed E-state index contributed by atoms with van der Waals surface area (Å²) in [4.78, 5) is 32.1. The Kier molecular flexibility index (Phi) is 6.62. The average molecular weight is 200 g/mol. The van der Waals surface area contributed by atoms with E-state index in [1.54, 1.807) is 0 Å². The third kappa shape index (κ3) is 7.46. The first-order valence-electron chi connectivity index (χ1n) is 4.81. The minimum absolute atomic E-state index is 0.0468. The van der Waals surface area contributed by atoms with Crippen molar-refractivity contribution in [2.24, 2.45) is 0 Å². The van der Waals surface area contributed by atoms with Gasteiger partial charge in [-0.2, -0.15) is 0 Å². The minimum atomic E-state index is -1.13. The van der Waals surface area contributed by atoms with Gasteiger partial charge in [0.1, 0.15) is 18.0 Å². The first-order valence-corrected chi connectivity index (χ1v) is 4.81. The number of carboxylic acids is 1. The van der Waals surface area contributed by atoms with Crippen molar-refractivity contribution < 1.29 is 19.5 Å². The molecule has 0 aromatic rings. The standard InChI is InChI=1S/C10H16O4/c1-2-3-4-8(11)5-6-9(12)7-10(13)14/h2-7H2,1H3,(H,13,14). The van der Waals surface area contributed by atoms with Crippen molar-refractivity contribution in [3.63, 3.8) is 0 Å². The van der Waals surface area contributed by atoms with Crippen molar-refractivity contribution in [3.8, 4) is 0 Å². The van der Waals surface area contributed by atoms with Crippen LogP contribution in [0.1, 0.15) is 45.4 Å². The van der Waals surface area contributed by atoms with Crippen molar-refractivity contribution in [1.29, 1.82) is 0 Å². The monoisotopic (exact) mass is 200 g/mol. The molecular formula is C10H16O4. The van der Waals surface area contributed by atoms with Crippen LogP contribution < -0.4 is 0 Å². The molecule has 0 spiro atoms. The molecule has 0 aliphatic carbocycles. The normalized spacial score (nSPS) is 9.79. The first kappa shape index (κ1) is 12.8. The molecule has 0 aromatic carbocycles. The van der Waals surface area contributed by atoms with E-state index in [0.29, 0.717) is 6.42 Å². The highest BCUT2D eigenvalue weighted by Gasteiger charge is 2.09. The van der Waals surface area contributed by atoms with Crippen molar-refractivity contribution in [2.45, 2.75) is 45.4 Å². The number of unbranched alkanes of at least 4 members (excludes halogenated alkanes) is 1. The molecule has 0 saturated heterocycles. The molecule has 0 fully saturated rings. The van der Waals surface area contributed by atoms with E-state index in [9.17, 15) is 14.4 Å². The Balaban J connectivity index is 3.56. The largest absolute Gasteiger partial charge is 0.481 e. The number of Topliss-reactive ketones (excluding diaryl/α,β-unsaturated/α-hetero) is 2. The summed E-state index contributed by atoms with van der Waals surface area (Å²) in [7, 11) is 0. The molecule has 4 nitrogen and oxygen atoms in total. The zero-order chi connectivity index (χ0) is 11.0. The van der Waals surface area contributed by atoms with E-state index in [1.807, 2.05) is 6.92 Å². The van der Waals surface area contributed by atoms with Gasteiger partial charge in [-0.25, -0.2) is 0 Å². The molecule has 0 bridgehead atoms. The van der Waals surface area contributed by atoms with Gasteiger partial charge in [-0.3, -0.25) is 14.4 Å². The van der Waals surface area contributed by atoms with Gasteiger partial charge in [-0.1, -0.05) is 13.3 Å². The second-order valence-corrected chi connectivity index (χ2v) is 3.25. The van der Waals surface area contributed by atoms with Crippen LogP contribution in [-0.2, 0) is 14.4 Å². The summed E-state index contributed by atoms with van der Waals surface area (Å²) in [6.07, 6.45) is 2.07. The molecule has 0 aliphatic rings. The molecule has 0 amide bonds. The first-order chi connectivity index (χ1) is 6.56. The lowest BCUT2D eigenvalue weighted by atomic mass is 10.1. The van der Waals surface area contributed by atoms with Crippen molar-refractivity contribution in [1.82, 2.24) is 0 Å². The van der Waals surface area contributed by atoms with E-state index in [4.69, 9.17) is 5.11 Å². The Morgan fingerprint density at radius 3 is 2.07 bits per heavy atom. The van der Waals surface area contributed by atoms with Crippen molar-refractivity contribution in [3.05, 3.63) is 0 Å². The van der Waals surface area contributed by atoms with Gasteiger partial charge in [0.05, 0.1) is 0 Å². The number of carbonyl (C=O) groups excluding carboxylic acids is 2. The maximum atomic E-state index is 11.1. The molecule has 0 aliphatic heterocycles. The quantitative estimate of drug-likeness (QED) is 0.604. The molecule has 0 saturated carbocycles. The van der Waals surface area contributed by atoms with E-state index in [0.717, 1.165) is 12.8 Å². The molecule has 0 aromatic heterocycles. The topological polar surface area (TPSA) is 71.4 Å². The Morgan fingerprint density at radius 2 is 1.57 bits per heavy atom. The lowest BCUT2D eigenvalue weighted by Gasteiger charge is -1.98. The molecule has 80 valence electrons. The van der Waals surface area contributed by atoms with Crippen LogP contribution in [0.4, 0.5) is 0 Å². The van der Waals surface area contributed by atoms with E-state index in [2.05, 4.69) is 0 Å². The number of ketones is 2. The number of carbonyl (C=O) groups is 3. The summed E-state index contributed by atoms with van der Waals surface area (Å²) in [5.74, 6) is -1.45. The van der Waals surface area contributed by atoms with Crippen LogP contribution in [0.5, 0.6) is 0 Å². The lowest BCUT2D eigenvalue weighted by Crippen LogP contribution is -2.08. The third-order valence-corrected chi connectivity index (χ3v) is 1.84. The summed E-state index contributed by atoms with van der Waals surface area (Å²) in [6, 6.07) is 0. The zero-order valence-corrected chi connectivity index (χ0v) is 8.41. The number of aliphatic carboxylic acids is 1. The van der Waals surface area contributed by atoms with E-state index in [-0.39, 0.29) is 24.4 Å². The van der Waals surface area contributed by atoms with Gasteiger partial charge < -0.3 is 5.11 Å². The van der Waals surface area contributed by atoms with E-state index >= 15 is 0 Å². The van der Waals surface area contributed by atoms with Gasteiger partial charge in [0.2, 0.25) is 0 Å². The van der Waals surface area contributed by atoms with Crippen molar-refractivity contribution in [2.75, 3.05) is 0 Å². The van der Waals surface area contributed by atoms with Gasteiger partial charge in [-0.05, 0) is 6.42 Å². The van der Waals surface area contributed by atoms with E-state index in [1.165, 1.54) is 0 Å². The molecule has 0 radical (unpaired) electrons. The van der Waals surface area contributed by atoms with Crippen LogP contribution in [0.2, 0.25) is 0 Å². The van der Waals surface area contributed by atoms with Crippen LogP contribution in [0, 0.1) is 0 Å². The minimum Gasteiger partial charge on any atom is -0.481 e. The summed E-state index contributed by atoms with van der Waals surface area (Å²) in [5.41, 5.74) is 0. The van der Waals surface area contributed by atoms with Crippen LogP contribution in [0.25, 0.3) is 0 Å². The van der Waals surface area contributed by atoms with Crippen LogP contribution in [0.3, 0.4) is 0 Å². The molecule has 0 heterocycles. The third-order valence-electron chi connectivity index (χ3n) is 1.84. The summed E-state index contributed by atoms with van der Waals surface area (Å²) < 4.78 is 0. The highest BCUT2D eigenvalue weighted by atomic mass is 16.4. The number of hydrogen-bond donors (Lipinski definition) is 1. The molecular weight excluding hydrogens is 184 g/mol.